The summed E-state index contributed by atoms with van der Waals surface area (Å²) in [5.74, 6) is 0.290. The summed E-state index contributed by atoms with van der Waals surface area (Å²) in [6, 6.07) is 10.6. The average molecular weight is 462 g/mol. The van der Waals surface area contributed by atoms with Crippen molar-refractivity contribution < 1.29 is 27.8 Å². The smallest absolute Gasteiger partial charge is 0.416 e. The number of carbonyl (C=O) groups is 1. The van der Waals surface area contributed by atoms with Crippen molar-refractivity contribution in [1.82, 2.24) is 4.98 Å². The molecule has 0 spiro atoms. The first-order valence-electron chi connectivity index (χ1n) is 10.4. The minimum atomic E-state index is -4.35. The number of aryl methyl sites for hydroxylation is 1. The fourth-order valence-corrected chi connectivity index (χ4v) is 4.51. The lowest BCUT2D eigenvalue weighted by atomic mass is 9.99. The maximum Gasteiger partial charge on any atom is 0.416 e. The summed E-state index contributed by atoms with van der Waals surface area (Å²) in [5, 5.41) is 11.9. The molecule has 8 heteroatoms. The number of hydrogen-bond donors (Lipinski definition) is 1. The van der Waals surface area contributed by atoms with Crippen molar-refractivity contribution in [2.24, 2.45) is 0 Å². The lowest BCUT2D eigenvalue weighted by Gasteiger charge is -2.14. The Kier molecular flexibility index (Phi) is 6.50. The van der Waals surface area contributed by atoms with E-state index in [1.165, 1.54) is 23.5 Å². The van der Waals surface area contributed by atoms with Crippen molar-refractivity contribution in [1.29, 1.82) is 0 Å². The van der Waals surface area contributed by atoms with E-state index in [0.29, 0.717) is 30.2 Å². The van der Waals surface area contributed by atoms with Crippen LogP contribution in [0.3, 0.4) is 0 Å². The Bertz CT molecular complexity index is 1090. The van der Waals surface area contributed by atoms with Crippen LogP contribution in [0.25, 0.3) is 11.3 Å². The van der Waals surface area contributed by atoms with E-state index in [1.54, 1.807) is 0 Å². The van der Waals surface area contributed by atoms with Gasteiger partial charge in [-0.25, -0.2) is 4.98 Å². The molecule has 32 heavy (non-hydrogen) atoms. The summed E-state index contributed by atoms with van der Waals surface area (Å²) < 4.78 is 44.2. The number of halogens is 3. The highest BCUT2D eigenvalue weighted by Crippen LogP contribution is 2.46. The third-order valence-corrected chi connectivity index (χ3v) is 6.24. The zero-order chi connectivity index (χ0) is 22.7. The number of benzene rings is 2. The topological polar surface area (TPSA) is 59.4 Å². The Morgan fingerprint density at radius 2 is 1.91 bits per heavy atom. The maximum atomic E-state index is 12.7. The minimum absolute atomic E-state index is 0.00508. The van der Waals surface area contributed by atoms with Gasteiger partial charge in [0.05, 0.1) is 29.3 Å². The fraction of sp³-hybridized carbons (Fsp3) is 0.333. The molecule has 1 aromatic heterocycles. The van der Waals surface area contributed by atoms with E-state index in [0.717, 1.165) is 53.3 Å². The number of carboxylic acids is 1. The van der Waals surface area contributed by atoms with Crippen molar-refractivity contribution in [3.05, 3.63) is 69.5 Å². The molecule has 4 nitrogen and oxygen atoms in total. The number of aliphatic carboxylic acids is 1. The number of ether oxygens (including phenoxy) is 1. The van der Waals surface area contributed by atoms with Gasteiger partial charge in [-0.1, -0.05) is 24.3 Å². The predicted octanol–water partition coefficient (Wildman–Crippen LogP) is 6.35. The summed E-state index contributed by atoms with van der Waals surface area (Å²) in [5.41, 5.74) is 2.48. The number of nitrogens with zero attached hydrogens (tertiary/aromatic N) is 1. The highest BCUT2D eigenvalue weighted by atomic mass is 32.1. The van der Waals surface area contributed by atoms with E-state index in [1.807, 2.05) is 23.6 Å². The molecule has 1 saturated carbocycles. The molecule has 1 N–H and O–H groups in total. The van der Waals surface area contributed by atoms with Crippen LogP contribution in [-0.4, -0.2) is 22.7 Å². The zero-order valence-corrected chi connectivity index (χ0v) is 18.0. The van der Waals surface area contributed by atoms with Crippen molar-refractivity contribution in [2.45, 2.75) is 44.2 Å². The molecule has 1 fully saturated rings. The Morgan fingerprint density at radius 3 is 2.56 bits per heavy atom. The minimum Gasteiger partial charge on any atom is -0.493 e. The van der Waals surface area contributed by atoms with Crippen molar-refractivity contribution >= 4 is 17.3 Å². The molecule has 1 aliphatic rings. The number of thiazole rings is 1. The van der Waals surface area contributed by atoms with Crippen LogP contribution >= 0.6 is 11.3 Å². The Hall–Kier alpha value is -2.87. The van der Waals surface area contributed by atoms with Crippen LogP contribution in [0.4, 0.5) is 13.2 Å². The first kappa shape index (κ1) is 22.3. The van der Waals surface area contributed by atoms with Crippen molar-refractivity contribution in [3.63, 3.8) is 0 Å². The molecule has 2 aromatic carbocycles. The third kappa shape index (κ3) is 5.48. The van der Waals surface area contributed by atoms with Crippen molar-refractivity contribution in [2.75, 3.05) is 6.61 Å². The predicted molar refractivity (Wildman–Crippen MR) is 116 cm³/mol. The molecule has 1 aliphatic carbocycles. The first-order valence-corrected chi connectivity index (χ1v) is 11.3. The molecule has 4 rings (SSSR count). The van der Waals surface area contributed by atoms with Gasteiger partial charge in [-0.15, -0.1) is 11.3 Å². The molecule has 0 amide bonds. The van der Waals surface area contributed by atoms with E-state index in [9.17, 15) is 18.0 Å². The summed E-state index contributed by atoms with van der Waals surface area (Å²) in [7, 11) is 0. The van der Waals surface area contributed by atoms with Gasteiger partial charge < -0.3 is 9.84 Å². The SMILES string of the molecule is O=C(O)Cc1cccc(OCCCc2nc(-c3ccc(C(F)(F)F)cc3)cs2)c1C1CC1. The summed E-state index contributed by atoms with van der Waals surface area (Å²) in [6.07, 6.45) is -0.822. The van der Waals surface area contributed by atoms with Gasteiger partial charge in [0.25, 0.3) is 0 Å². The highest BCUT2D eigenvalue weighted by Gasteiger charge is 2.30. The van der Waals surface area contributed by atoms with Gasteiger partial charge in [0.2, 0.25) is 0 Å². The van der Waals surface area contributed by atoms with E-state index in [4.69, 9.17) is 9.84 Å². The number of aromatic nitrogens is 1. The molecule has 0 bridgehead atoms. The van der Waals surface area contributed by atoms with Crippen LogP contribution in [0.2, 0.25) is 0 Å². The van der Waals surface area contributed by atoms with Gasteiger partial charge in [0.1, 0.15) is 5.75 Å². The molecule has 0 atom stereocenters. The number of rotatable bonds is 9. The van der Waals surface area contributed by atoms with Gasteiger partial charge in [0, 0.05) is 22.9 Å². The second-order valence-corrected chi connectivity index (χ2v) is 8.77. The normalized spacial score (nSPS) is 13.8. The Labute approximate surface area is 187 Å². The van der Waals surface area contributed by atoms with Gasteiger partial charge in [-0.3, -0.25) is 4.79 Å². The van der Waals surface area contributed by atoms with Crippen LogP contribution in [0.5, 0.6) is 5.75 Å². The molecule has 168 valence electrons. The quantitative estimate of drug-likeness (QED) is 0.378. The van der Waals surface area contributed by atoms with Gasteiger partial charge >= 0.3 is 12.1 Å². The van der Waals surface area contributed by atoms with E-state index >= 15 is 0 Å². The molecule has 0 unspecified atom stereocenters. The highest BCUT2D eigenvalue weighted by molar-refractivity contribution is 7.09. The van der Waals surface area contributed by atoms with Crippen molar-refractivity contribution in [3.8, 4) is 17.0 Å². The molecule has 0 aliphatic heterocycles. The maximum absolute atomic E-state index is 12.7. The molecule has 0 radical (unpaired) electrons. The van der Waals surface area contributed by atoms with Gasteiger partial charge in [0.15, 0.2) is 0 Å². The second-order valence-electron chi connectivity index (χ2n) is 7.83. The third-order valence-electron chi connectivity index (χ3n) is 5.34. The first-order chi connectivity index (χ1) is 15.3. The fourth-order valence-electron chi connectivity index (χ4n) is 3.66. The molecular weight excluding hydrogens is 439 g/mol. The van der Waals surface area contributed by atoms with Crippen LogP contribution in [0, 0.1) is 0 Å². The van der Waals surface area contributed by atoms with Crippen LogP contribution in [0.1, 0.15) is 46.9 Å². The van der Waals surface area contributed by atoms with Crippen LogP contribution in [0.15, 0.2) is 47.8 Å². The van der Waals surface area contributed by atoms with E-state index in [-0.39, 0.29) is 6.42 Å². The second kappa shape index (κ2) is 9.32. The summed E-state index contributed by atoms with van der Waals surface area (Å²) in [4.78, 5) is 15.7. The molecule has 3 aromatic rings. The van der Waals surface area contributed by atoms with E-state index in [2.05, 4.69) is 4.98 Å². The van der Waals surface area contributed by atoms with Crippen LogP contribution < -0.4 is 4.74 Å². The Morgan fingerprint density at radius 1 is 1.16 bits per heavy atom. The summed E-state index contributed by atoms with van der Waals surface area (Å²) in [6.45, 7) is 0.478. The number of alkyl halides is 3. The monoisotopic (exact) mass is 461 g/mol. The lowest BCUT2D eigenvalue weighted by Crippen LogP contribution is -2.07. The average Bonchev–Trinajstić information content (AvgIpc) is 3.47. The lowest BCUT2D eigenvalue weighted by molar-refractivity contribution is -0.138. The molecule has 0 saturated heterocycles. The van der Waals surface area contributed by atoms with Gasteiger partial charge in [-0.2, -0.15) is 13.2 Å². The van der Waals surface area contributed by atoms with Crippen LogP contribution in [-0.2, 0) is 23.8 Å². The Balaban J connectivity index is 1.33. The summed E-state index contributed by atoms with van der Waals surface area (Å²) >= 11 is 1.47. The van der Waals surface area contributed by atoms with Gasteiger partial charge in [-0.05, 0) is 48.9 Å². The molecule has 1 heterocycles. The standard InChI is InChI=1S/C24H22F3NO3S/c25-24(26,27)18-10-8-15(9-11-18)19-14-32-21(28-19)5-2-12-31-20-4-1-3-17(13-22(29)30)23(20)16-6-7-16/h1,3-4,8-11,14,16H,2,5-7,12-13H2,(H,29,30). The zero-order valence-electron chi connectivity index (χ0n) is 17.2. The van der Waals surface area contributed by atoms with E-state index < -0.39 is 17.7 Å². The molecular formula is C24H22F3NO3S. The largest absolute Gasteiger partial charge is 0.493 e. The number of carboxylic acid groups (broad SMARTS) is 1. The number of hydrogen-bond acceptors (Lipinski definition) is 4.